The van der Waals surface area contributed by atoms with Gasteiger partial charge in [-0.05, 0) is 24.0 Å². The van der Waals surface area contributed by atoms with E-state index in [4.69, 9.17) is 4.74 Å². The van der Waals surface area contributed by atoms with Crippen LogP contribution in [0.15, 0.2) is 73.3 Å². The molecular formula is C20H23NO. The Bertz CT molecular complexity index is 542. The molecule has 2 heteroatoms. The van der Waals surface area contributed by atoms with Crippen molar-refractivity contribution in [3.8, 4) is 0 Å². The molecule has 2 aromatic rings. The quantitative estimate of drug-likeness (QED) is 0.838. The zero-order valence-corrected chi connectivity index (χ0v) is 12.8. The second-order valence-corrected chi connectivity index (χ2v) is 5.74. The molecule has 0 aliphatic carbocycles. The Kier molecular flexibility index (Phi) is 5.04. The van der Waals surface area contributed by atoms with E-state index in [0.29, 0.717) is 6.04 Å². The van der Waals surface area contributed by atoms with Crippen LogP contribution in [-0.4, -0.2) is 18.8 Å². The van der Waals surface area contributed by atoms with E-state index in [-0.39, 0.29) is 12.1 Å². The van der Waals surface area contributed by atoms with Gasteiger partial charge in [0.05, 0.1) is 12.1 Å². The van der Waals surface area contributed by atoms with Crippen LogP contribution in [0.5, 0.6) is 0 Å². The lowest BCUT2D eigenvalue weighted by atomic mass is 9.95. The average Bonchev–Trinajstić information content (AvgIpc) is 2.61. The van der Waals surface area contributed by atoms with Crippen LogP contribution in [0, 0.1) is 0 Å². The maximum atomic E-state index is 5.83. The van der Waals surface area contributed by atoms with Crippen molar-refractivity contribution in [2.24, 2.45) is 0 Å². The van der Waals surface area contributed by atoms with Crippen molar-refractivity contribution in [2.75, 3.05) is 6.61 Å². The van der Waals surface area contributed by atoms with E-state index in [1.165, 1.54) is 11.1 Å². The summed E-state index contributed by atoms with van der Waals surface area (Å²) in [6.07, 6.45) is 4.22. The molecule has 1 heterocycles. The second kappa shape index (κ2) is 7.39. The Hall–Kier alpha value is -1.90. The molecule has 0 bridgehead atoms. The van der Waals surface area contributed by atoms with Gasteiger partial charge in [0, 0.05) is 12.6 Å². The maximum absolute atomic E-state index is 5.83. The largest absolute Gasteiger partial charge is 0.373 e. The maximum Gasteiger partial charge on any atom is 0.0906 e. The molecule has 3 rings (SSSR count). The molecule has 1 aliphatic rings. The van der Waals surface area contributed by atoms with Crippen LogP contribution in [0.1, 0.15) is 30.0 Å². The third kappa shape index (κ3) is 3.46. The Balaban J connectivity index is 1.87. The highest BCUT2D eigenvalue weighted by atomic mass is 16.5. The van der Waals surface area contributed by atoms with Crippen LogP contribution in [0.3, 0.4) is 0 Å². The van der Waals surface area contributed by atoms with Gasteiger partial charge in [0.1, 0.15) is 0 Å². The Morgan fingerprint density at radius 1 is 1.00 bits per heavy atom. The average molecular weight is 293 g/mol. The molecular weight excluding hydrogens is 270 g/mol. The van der Waals surface area contributed by atoms with Gasteiger partial charge in [-0.1, -0.05) is 66.7 Å². The smallest absolute Gasteiger partial charge is 0.0906 e. The Morgan fingerprint density at radius 2 is 1.59 bits per heavy atom. The lowest BCUT2D eigenvalue weighted by Gasteiger charge is -2.34. The van der Waals surface area contributed by atoms with Crippen LogP contribution in [0.4, 0.5) is 0 Å². The first-order valence-corrected chi connectivity index (χ1v) is 7.98. The third-order valence-corrected chi connectivity index (χ3v) is 4.25. The van der Waals surface area contributed by atoms with E-state index in [1.807, 2.05) is 6.08 Å². The van der Waals surface area contributed by atoms with Crippen LogP contribution in [0.25, 0.3) is 0 Å². The van der Waals surface area contributed by atoms with E-state index in [9.17, 15) is 0 Å². The minimum Gasteiger partial charge on any atom is -0.373 e. The van der Waals surface area contributed by atoms with Gasteiger partial charge in [-0.2, -0.15) is 0 Å². The molecule has 0 unspecified atom stereocenters. The number of hydrogen-bond donors (Lipinski definition) is 1. The number of hydrogen-bond acceptors (Lipinski definition) is 2. The highest BCUT2D eigenvalue weighted by Crippen LogP contribution is 2.25. The van der Waals surface area contributed by atoms with Crippen LogP contribution < -0.4 is 5.32 Å². The van der Waals surface area contributed by atoms with E-state index in [2.05, 4.69) is 72.6 Å². The van der Waals surface area contributed by atoms with Crippen LogP contribution >= 0.6 is 0 Å². The van der Waals surface area contributed by atoms with Gasteiger partial charge in [-0.15, -0.1) is 6.58 Å². The van der Waals surface area contributed by atoms with E-state index >= 15 is 0 Å². The molecule has 22 heavy (non-hydrogen) atoms. The SMILES string of the molecule is C=C[C@H]1OCCC[C@@H]1NC(c1ccccc1)c1ccccc1. The Labute approximate surface area is 132 Å². The highest BCUT2D eigenvalue weighted by molar-refractivity contribution is 5.31. The van der Waals surface area contributed by atoms with Gasteiger partial charge in [0.15, 0.2) is 0 Å². The summed E-state index contributed by atoms with van der Waals surface area (Å²) >= 11 is 0. The summed E-state index contributed by atoms with van der Waals surface area (Å²) in [7, 11) is 0. The topological polar surface area (TPSA) is 21.3 Å². The first-order valence-electron chi connectivity index (χ1n) is 7.98. The fraction of sp³-hybridized carbons (Fsp3) is 0.300. The molecule has 2 aromatic carbocycles. The lowest BCUT2D eigenvalue weighted by Crippen LogP contribution is -2.45. The zero-order valence-electron chi connectivity index (χ0n) is 12.8. The fourth-order valence-corrected chi connectivity index (χ4v) is 3.10. The van der Waals surface area contributed by atoms with Crippen molar-refractivity contribution in [1.29, 1.82) is 0 Å². The molecule has 2 nitrogen and oxygen atoms in total. The van der Waals surface area contributed by atoms with Crippen molar-refractivity contribution >= 4 is 0 Å². The predicted octanol–water partition coefficient (Wildman–Crippen LogP) is 4.10. The molecule has 1 fully saturated rings. The van der Waals surface area contributed by atoms with E-state index in [1.54, 1.807) is 0 Å². The number of benzene rings is 2. The standard InChI is InChI=1S/C20H23NO/c1-2-19-18(14-9-15-22-19)21-20(16-10-5-3-6-11-16)17-12-7-4-8-13-17/h2-8,10-13,18-21H,1,9,14-15H2/t18-,19+/m0/s1. The molecule has 0 amide bonds. The summed E-state index contributed by atoms with van der Waals surface area (Å²) < 4.78 is 5.83. The third-order valence-electron chi connectivity index (χ3n) is 4.25. The van der Waals surface area contributed by atoms with Gasteiger partial charge in [0.2, 0.25) is 0 Å². The van der Waals surface area contributed by atoms with Gasteiger partial charge in [0.25, 0.3) is 0 Å². The fourth-order valence-electron chi connectivity index (χ4n) is 3.10. The van der Waals surface area contributed by atoms with Crippen molar-refractivity contribution < 1.29 is 4.74 Å². The second-order valence-electron chi connectivity index (χ2n) is 5.74. The summed E-state index contributed by atoms with van der Waals surface area (Å²) in [5, 5.41) is 3.79. The van der Waals surface area contributed by atoms with Crippen molar-refractivity contribution in [1.82, 2.24) is 5.32 Å². The molecule has 0 aromatic heterocycles. The van der Waals surface area contributed by atoms with Gasteiger partial charge >= 0.3 is 0 Å². The summed E-state index contributed by atoms with van der Waals surface area (Å²) in [5.74, 6) is 0. The molecule has 2 atom stereocenters. The van der Waals surface area contributed by atoms with Gasteiger partial charge < -0.3 is 10.1 Å². The monoisotopic (exact) mass is 293 g/mol. The molecule has 0 radical (unpaired) electrons. The molecule has 0 spiro atoms. The lowest BCUT2D eigenvalue weighted by molar-refractivity contribution is 0.0186. The number of ether oxygens (including phenoxy) is 1. The van der Waals surface area contributed by atoms with Crippen molar-refractivity contribution in [3.63, 3.8) is 0 Å². The zero-order chi connectivity index (χ0) is 15.2. The summed E-state index contributed by atoms with van der Waals surface area (Å²) in [5.41, 5.74) is 2.56. The van der Waals surface area contributed by atoms with E-state index in [0.717, 1.165) is 19.4 Å². The molecule has 0 saturated carbocycles. The van der Waals surface area contributed by atoms with Gasteiger partial charge in [-0.3, -0.25) is 0 Å². The summed E-state index contributed by atoms with van der Waals surface area (Å²) in [4.78, 5) is 0. The van der Waals surface area contributed by atoms with Crippen LogP contribution in [0.2, 0.25) is 0 Å². The van der Waals surface area contributed by atoms with E-state index < -0.39 is 0 Å². The first kappa shape index (κ1) is 15.0. The minimum atomic E-state index is 0.0867. The van der Waals surface area contributed by atoms with Crippen molar-refractivity contribution in [2.45, 2.75) is 31.0 Å². The molecule has 1 aliphatic heterocycles. The normalized spacial score (nSPS) is 21.7. The van der Waals surface area contributed by atoms with Gasteiger partial charge in [-0.25, -0.2) is 0 Å². The minimum absolute atomic E-state index is 0.0867. The number of nitrogens with one attached hydrogen (secondary N) is 1. The van der Waals surface area contributed by atoms with Crippen molar-refractivity contribution in [3.05, 3.63) is 84.4 Å². The summed E-state index contributed by atoms with van der Waals surface area (Å²) in [6, 6.07) is 21.7. The first-order chi connectivity index (χ1) is 10.9. The van der Waals surface area contributed by atoms with Crippen LogP contribution in [-0.2, 0) is 4.74 Å². The predicted molar refractivity (Wildman–Crippen MR) is 90.8 cm³/mol. The Morgan fingerprint density at radius 3 is 2.14 bits per heavy atom. The summed E-state index contributed by atoms with van der Waals surface area (Å²) in [6.45, 7) is 4.75. The highest BCUT2D eigenvalue weighted by Gasteiger charge is 2.26. The molecule has 1 N–H and O–H groups in total. The molecule has 1 saturated heterocycles. The molecule has 114 valence electrons. The number of rotatable bonds is 5.